The Morgan fingerprint density at radius 3 is 2.92 bits per heavy atom. The van der Waals surface area contributed by atoms with Gasteiger partial charge in [-0.25, -0.2) is 4.79 Å². The molecule has 2 aliphatic rings. The lowest BCUT2D eigenvalue weighted by Crippen LogP contribution is -2.41. The average Bonchev–Trinajstić information content (AvgIpc) is 3.30. The van der Waals surface area contributed by atoms with Crippen molar-refractivity contribution in [1.29, 1.82) is 0 Å². The lowest BCUT2D eigenvalue weighted by Gasteiger charge is -2.27. The molecule has 2 saturated heterocycles. The van der Waals surface area contributed by atoms with Crippen LogP contribution in [0.2, 0.25) is 0 Å². The van der Waals surface area contributed by atoms with Gasteiger partial charge < -0.3 is 24.4 Å². The first-order valence-electron chi connectivity index (χ1n) is 8.57. The van der Waals surface area contributed by atoms with Crippen LogP contribution in [-0.4, -0.2) is 51.5 Å². The quantitative estimate of drug-likeness (QED) is 0.899. The number of nitrogens with one attached hydrogen (secondary N) is 1. The molecule has 6 heteroatoms. The van der Waals surface area contributed by atoms with E-state index in [-0.39, 0.29) is 12.1 Å². The van der Waals surface area contributed by atoms with Crippen LogP contribution in [0.5, 0.6) is 11.5 Å². The second-order valence-electron chi connectivity index (χ2n) is 6.37. The molecule has 24 heavy (non-hydrogen) atoms. The van der Waals surface area contributed by atoms with E-state index in [1.165, 1.54) is 0 Å². The number of likely N-dealkylation sites (tertiary alicyclic amines) is 1. The molecule has 3 rings (SSSR count). The van der Waals surface area contributed by atoms with Crippen LogP contribution in [0.3, 0.4) is 0 Å². The van der Waals surface area contributed by atoms with Crippen LogP contribution in [0.4, 0.5) is 4.79 Å². The summed E-state index contributed by atoms with van der Waals surface area (Å²) in [7, 11) is 3.29. The Hall–Kier alpha value is -1.95. The first-order chi connectivity index (χ1) is 11.7. The monoisotopic (exact) mass is 334 g/mol. The number of methoxy groups -OCH3 is 2. The molecule has 0 aromatic heterocycles. The lowest BCUT2D eigenvalue weighted by atomic mass is 10.0. The first-order valence-corrected chi connectivity index (χ1v) is 8.57. The minimum Gasteiger partial charge on any atom is -0.497 e. The Kier molecular flexibility index (Phi) is 5.45. The van der Waals surface area contributed by atoms with E-state index in [1.54, 1.807) is 14.2 Å². The highest BCUT2D eigenvalue weighted by Gasteiger charge is 2.32. The molecule has 0 aliphatic carbocycles. The van der Waals surface area contributed by atoms with Gasteiger partial charge in [0, 0.05) is 37.2 Å². The molecule has 0 unspecified atom stereocenters. The molecule has 1 aromatic rings. The van der Waals surface area contributed by atoms with Crippen molar-refractivity contribution >= 4 is 6.03 Å². The average molecular weight is 334 g/mol. The van der Waals surface area contributed by atoms with Crippen LogP contribution >= 0.6 is 0 Å². The molecule has 2 heterocycles. The number of hydrogen-bond donors (Lipinski definition) is 1. The molecule has 1 aromatic carbocycles. The van der Waals surface area contributed by atoms with E-state index in [1.807, 2.05) is 23.1 Å². The van der Waals surface area contributed by atoms with E-state index in [9.17, 15) is 4.79 Å². The lowest BCUT2D eigenvalue weighted by molar-refractivity contribution is 0.178. The van der Waals surface area contributed by atoms with Crippen LogP contribution in [0.1, 0.15) is 30.9 Å². The number of carbonyl (C=O) groups is 1. The summed E-state index contributed by atoms with van der Waals surface area (Å²) in [5, 5.41) is 3.07. The second-order valence-corrected chi connectivity index (χ2v) is 6.37. The molecule has 2 atom stereocenters. The molecule has 2 amide bonds. The van der Waals surface area contributed by atoms with E-state index < -0.39 is 0 Å². The van der Waals surface area contributed by atoms with Crippen molar-refractivity contribution in [2.24, 2.45) is 5.92 Å². The van der Waals surface area contributed by atoms with Crippen molar-refractivity contribution < 1.29 is 19.0 Å². The van der Waals surface area contributed by atoms with E-state index in [0.29, 0.717) is 12.5 Å². The minimum atomic E-state index is 0.00210. The molecule has 2 aliphatic heterocycles. The van der Waals surface area contributed by atoms with E-state index >= 15 is 0 Å². The summed E-state index contributed by atoms with van der Waals surface area (Å²) in [5.41, 5.74) is 1.04. The van der Waals surface area contributed by atoms with Crippen molar-refractivity contribution in [2.75, 3.05) is 40.5 Å². The molecule has 0 spiro atoms. The molecule has 0 bridgehead atoms. The minimum absolute atomic E-state index is 0.00210. The number of benzene rings is 1. The Morgan fingerprint density at radius 1 is 1.33 bits per heavy atom. The molecular formula is C18H26N2O4. The van der Waals surface area contributed by atoms with Crippen LogP contribution in [0.25, 0.3) is 0 Å². The van der Waals surface area contributed by atoms with Crippen molar-refractivity contribution in [3.63, 3.8) is 0 Å². The normalized spacial score (nSPS) is 23.3. The predicted molar refractivity (Wildman–Crippen MR) is 90.6 cm³/mol. The molecule has 0 saturated carbocycles. The van der Waals surface area contributed by atoms with Crippen molar-refractivity contribution in [1.82, 2.24) is 10.2 Å². The van der Waals surface area contributed by atoms with Gasteiger partial charge in [-0.15, -0.1) is 0 Å². The maximum atomic E-state index is 12.6. The Morgan fingerprint density at radius 2 is 2.21 bits per heavy atom. The third-order valence-corrected chi connectivity index (χ3v) is 4.88. The van der Waals surface area contributed by atoms with Gasteiger partial charge in [0.15, 0.2) is 0 Å². The van der Waals surface area contributed by atoms with Gasteiger partial charge in [-0.05, 0) is 31.4 Å². The van der Waals surface area contributed by atoms with E-state index in [0.717, 1.165) is 56.1 Å². The first kappa shape index (κ1) is 16.9. The van der Waals surface area contributed by atoms with Crippen LogP contribution in [0, 0.1) is 5.92 Å². The summed E-state index contributed by atoms with van der Waals surface area (Å²) < 4.78 is 16.1. The summed E-state index contributed by atoms with van der Waals surface area (Å²) in [6, 6.07) is 5.84. The molecule has 6 nitrogen and oxygen atoms in total. The summed E-state index contributed by atoms with van der Waals surface area (Å²) in [4.78, 5) is 14.5. The van der Waals surface area contributed by atoms with Gasteiger partial charge in [0.1, 0.15) is 11.5 Å². The topological polar surface area (TPSA) is 60.0 Å². The molecular weight excluding hydrogens is 308 g/mol. The third kappa shape index (κ3) is 3.59. The predicted octanol–water partition coefficient (Wildman–Crippen LogP) is 2.59. The Labute approximate surface area is 143 Å². The maximum Gasteiger partial charge on any atom is 0.317 e. The number of carbonyl (C=O) groups excluding carboxylic acids is 1. The van der Waals surface area contributed by atoms with E-state index in [4.69, 9.17) is 14.2 Å². The van der Waals surface area contributed by atoms with E-state index in [2.05, 4.69) is 5.32 Å². The molecule has 2 fully saturated rings. The number of ether oxygens (including phenoxy) is 3. The molecule has 132 valence electrons. The summed E-state index contributed by atoms with van der Waals surface area (Å²) in [6.07, 6.45) is 2.97. The fourth-order valence-electron chi connectivity index (χ4n) is 3.50. The van der Waals surface area contributed by atoms with Gasteiger partial charge in [-0.2, -0.15) is 0 Å². The zero-order valence-corrected chi connectivity index (χ0v) is 14.4. The number of amides is 2. The van der Waals surface area contributed by atoms with Crippen molar-refractivity contribution in [2.45, 2.75) is 25.3 Å². The number of urea groups is 1. The SMILES string of the molecule is COc1ccc([C@H]2CCCN2C(=O)NC[C@H]2CCOC2)c(OC)c1. The molecule has 1 N–H and O–H groups in total. The highest BCUT2D eigenvalue weighted by Crippen LogP contribution is 2.38. The Balaban J connectivity index is 1.69. The fourth-order valence-corrected chi connectivity index (χ4v) is 3.50. The number of nitrogens with zero attached hydrogens (tertiary/aromatic N) is 1. The summed E-state index contributed by atoms with van der Waals surface area (Å²) in [6.45, 7) is 3.00. The van der Waals surface area contributed by atoms with Gasteiger partial charge >= 0.3 is 6.03 Å². The number of rotatable bonds is 5. The fraction of sp³-hybridized carbons (Fsp3) is 0.611. The summed E-state index contributed by atoms with van der Waals surface area (Å²) >= 11 is 0. The smallest absolute Gasteiger partial charge is 0.317 e. The number of hydrogen-bond acceptors (Lipinski definition) is 4. The second kappa shape index (κ2) is 7.75. The third-order valence-electron chi connectivity index (χ3n) is 4.88. The summed E-state index contributed by atoms with van der Waals surface area (Å²) in [5.74, 6) is 1.96. The zero-order valence-electron chi connectivity index (χ0n) is 14.4. The molecule has 0 radical (unpaired) electrons. The van der Waals surface area contributed by atoms with Crippen LogP contribution in [0.15, 0.2) is 18.2 Å². The largest absolute Gasteiger partial charge is 0.497 e. The van der Waals surface area contributed by atoms with Gasteiger partial charge in [0.05, 0.1) is 26.9 Å². The van der Waals surface area contributed by atoms with Gasteiger partial charge in [-0.3, -0.25) is 0 Å². The van der Waals surface area contributed by atoms with Gasteiger partial charge in [0.25, 0.3) is 0 Å². The van der Waals surface area contributed by atoms with Crippen molar-refractivity contribution in [3.8, 4) is 11.5 Å². The maximum absolute atomic E-state index is 12.6. The Bertz CT molecular complexity index is 572. The van der Waals surface area contributed by atoms with Gasteiger partial charge in [-0.1, -0.05) is 0 Å². The highest BCUT2D eigenvalue weighted by atomic mass is 16.5. The standard InChI is InChI=1S/C18H26N2O4/c1-22-14-5-6-15(17(10-14)23-2)16-4-3-8-20(16)18(21)19-11-13-7-9-24-12-13/h5-6,10,13,16H,3-4,7-9,11-12H2,1-2H3,(H,19,21)/t13-,16-/m1/s1. The zero-order chi connectivity index (χ0) is 16.9. The van der Waals surface area contributed by atoms with Crippen LogP contribution < -0.4 is 14.8 Å². The van der Waals surface area contributed by atoms with Gasteiger partial charge in [0.2, 0.25) is 0 Å². The van der Waals surface area contributed by atoms with Crippen molar-refractivity contribution in [3.05, 3.63) is 23.8 Å². The van der Waals surface area contributed by atoms with Crippen LogP contribution in [-0.2, 0) is 4.74 Å². The highest BCUT2D eigenvalue weighted by molar-refractivity contribution is 5.75.